The van der Waals surface area contributed by atoms with Gasteiger partial charge in [-0.1, -0.05) is 27.4 Å². The van der Waals surface area contributed by atoms with E-state index >= 15 is 0 Å². The number of Topliss-reactive ketones (excluding diaryl/α,β-unsaturated/α-hetero) is 2. The summed E-state index contributed by atoms with van der Waals surface area (Å²) in [7, 11) is 0. The van der Waals surface area contributed by atoms with Gasteiger partial charge in [-0.3, -0.25) is 19.2 Å². The lowest BCUT2D eigenvalue weighted by molar-refractivity contribution is -0.235. The highest BCUT2D eigenvalue weighted by atomic mass is 16.6. The molecule has 4 aliphatic carbocycles. The first-order valence-corrected chi connectivity index (χ1v) is 11.0. The summed E-state index contributed by atoms with van der Waals surface area (Å²) < 4.78 is 11.6. The van der Waals surface area contributed by atoms with Crippen LogP contribution in [0.4, 0.5) is 0 Å². The average molecular weight is 417 g/mol. The predicted octanol–water partition coefficient (Wildman–Crippen LogP) is 3.42. The van der Waals surface area contributed by atoms with Crippen molar-refractivity contribution in [2.45, 2.75) is 78.9 Å². The minimum absolute atomic E-state index is 0.0255. The summed E-state index contributed by atoms with van der Waals surface area (Å²) >= 11 is 0. The van der Waals surface area contributed by atoms with Crippen molar-refractivity contribution in [3.8, 4) is 0 Å². The van der Waals surface area contributed by atoms with Crippen molar-refractivity contribution in [1.82, 2.24) is 0 Å². The van der Waals surface area contributed by atoms with Crippen LogP contribution in [0.5, 0.6) is 0 Å². The van der Waals surface area contributed by atoms with Crippen molar-refractivity contribution >= 4 is 23.5 Å². The van der Waals surface area contributed by atoms with Gasteiger partial charge >= 0.3 is 11.9 Å². The summed E-state index contributed by atoms with van der Waals surface area (Å²) in [6, 6.07) is 0. The first-order chi connectivity index (χ1) is 13.9. The normalized spacial score (nSPS) is 44.2. The molecule has 0 aromatic carbocycles. The zero-order valence-corrected chi connectivity index (χ0v) is 18.6. The van der Waals surface area contributed by atoms with Crippen molar-refractivity contribution in [3.05, 3.63) is 12.2 Å². The number of carbonyl (C=O) groups is 4. The van der Waals surface area contributed by atoms with Gasteiger partial charge in [-0.2, -0.15) is 0 Å². The van der Waals surface area contributed by atoms with Crippen LogP contribution in [0.2, 0.25) is 0 Å². The molecule has 0 aromatic rings. The summed E-state index contributed by atoms with van der Waals surface area (Å²) in [4.78, 5) is 50.8. The quantitative estimate of drug-likeness (QED) is 0.506. The van der Waals surface area contributed by atoms with Crippen LogP contribution in [0.1, 0.15) is 66.7 Å². The van der Waals surface area contributed by atoms with E-state index in [4.69, 9.17) is 9.47 Å². The molecule has 0 aromatic heterocycles. The fourth-order valence-corrected chi connectivity index (χ4v) is 7.78. The van der Waals surface area contributed by atoms with E-state index in [9.17, 15) is 19.2 Å². The van der Waals surface area contributed by atoms with E-state index < -0.39 is 35.0 Å². The highest BCUT2D eigenvalue weighted by Crippen LogP contribution is 2.71. The maximum absolute atomic E-state index is 13.8. The van der Waals surface area contributed by atoms with Gasteiger partial charge in [-0.15, -0.1) is 0 Å². The fourth-order valence-electron chi connectivity index (χ4n) is 7.78. The molecule has 1 unspecified atom stereocenters. The number of carbonyl (C=O) groups excluding carboxylic acids is 4. The molecule has 0 heterocycles. The molecule has 6 heteroatoms. The van der Waals surface area contributed by atoms with E-state index in [-0.39, 0.29) is 34.7 Å². The zero-order chi connectivity index (χ0) is 22.2. The monoisotopic (exact) mass is 416 g/mol. The lowest BCUT2D eigenvalue weighted by Crippen LogP contribution is -2.69. The van der Waals surface area contributed by atoms with E-state index in [0.717, 1.165) is 6.42 Å². The van der Waals surface area contributed by atoms with Crippen molar-refractivity contribution in [1.29, 1.82) is 0 Å². The molecule has 6 nitrogen and oxygen atoms in total. The second-order valence-corrected chi connectivity index (χ2v) is 10.6. The topological polar surface area (TPSA) is 86.7 Å². The number of fused-ring (bicyclic) bond motifs is 3. The number of ketones is 2. The van der Waals surface area contributed by atoms with Gasteiger partial charge < -0.3 is 9.47 Å². The minimum atomic E-state index is -1.11. The Balaban J connectivity index is 1.93. The van der Waals surface area contributed by atoms with Gasteiger partial charge in [-0.25, -0.2) is 0 Å². The van der Waals surface area contributed by atoms with Crippen LogP contribution in [0.25, 0.3) is 0 Å². The Kier molecular flexibility index (Phi) is 4.61. The molecule has 4 fully saturated rings. The molecule has 164 valence electrons. The summed E-state index contributed by atoms with van der Waals surface area (Å²) in [6.07, 6.45) is 1.65. The second kappa shape index (κ2) is 6.51. The molecule has 0 radical (unpaired) electrons. The molecule has 0 N–H and O–H groups in total. The summed E-state index contributed by atoms with van der Waals surface area (Å²) in [6.45, 7) is 12.9. The Labute approximate surface area is 177 Å². The van der Waals surface area contributed by atoms with Crippen LogP contribution in [0.15, 0.2) is 12.2 Å². The highest BCUT2D eigenvalue weighted by molar-refractivity contribution is 6.05. The Morgan fingerprint density at radius 3 is 2.23 bits per heavy atom. The maximum Gasteiger partial charge on any atom is 0.302 e. The van der Waals surface area contributed by atoms with Gasteiger partial charge in [0.15, 0.2) is 5.78 Å². The summed E-state index contributed by atoms with van der Waals surface area (Å²) in [5.41, 5.74) is -1.50. The summed E-state index contributed by atoms with van der Waals surface area (Å²) in [5.74, 6) is -1.23. The Hall–Kier alpha value is -1.98. The van der Waals surface area contributed by atoms with Crippen molar-refractivity contribution in [2.75, 3.05) is 0 Å². The second-order valence-electron chi connectivity index (χ2n) is 10.6. The van der Waals surface area contributed by atoms with Gasteiger partial charge in [-0.05, 0) is 48.5 Å². The third-order valence-corrected chi connectivity index (χ3v) is 8.97. The molecule has 4 aliphatic rings. The molecule has 0 amide bonds. The number of ether oxygens (including phenoxy) is 2. The molecule has 30 heavy (non-hydrogen) atoms. The predicted molar refractivity (Wildman–Crippen MR) is 108 cm³/mol. The standard InChI is InChI=1S/C24H32O6/c1-12-15-7-8-16-23(6)10-9-18(27)22(4,5)17(23)11-19(29-13(2)25)24(16,20(12)28)21(15)30-14(3)26/h15-17,19,21H,1,7-11H2,2-6H3/t15-,16-,17+,19+,21?,23-,24-/m0/s1. The van der Waals surface area contributed by atoms with Gasteiger partial charge in [0.05, 0.1) is 0 Å². The van der Waals surface area contributed by atoms with Gasteiger partial charge in [0.1, 0.15) is 23.4 Å². The van der Waals surface area contributed by atoms with Crippen molar-refractivity contribution in [3.63, 3.8) is 0 Å². The van der Waals surface area contributed by atoms with Crippen LogP contribution in [-0.4, -0.2) is 35.7 Å². The Morgan fingerprint density at radius 1 is 1.00 bits per heavy atom. The first-order valence-electron chi connectivity index (χ1n) is 11.0. The van der Waals surface area contributed by atoms with E-state index in [1.54, 1.807) is 0 Å². The third-order valence-electron chi connectivity index (χ3n) is 8.97. The average Bonchev–Trinajstić information content (AvgIpc) is 2.76. The molecule has 7 atom stereocenters. The Morgan fingerprint density at radius 2 is 1.63 bits per heavy atom. The van der Waals surface area contributed by atoms with Gasteiger partial charge in [0, 0.05) is 31.6 Å². The molecule has 0 aliphatic heterocycles. The molecule has 4 saturated carbocycles. The lowest BCUT2D eigenvalue weighted by Gasteiger charge is -2.65. The minimum Gasteiger partial charge on any atom is -0.461 e. The van der Waals surface area contributed by atoms with Gasteiger partial charge in [0.25, 0.3) is 0 Å². The molecule has 0 saturated heterocycles. The van der Waals surface area contributed by atoms with Crippen molar-refractivity contribution in [2.24, 2.45) is 34.0 Å². The third kappa shape index (κ3) is 2.48. The molecule has 4 rings (SSSR count). The van der Waals surface area contributed by atoms with Crippen LogP contribution in [-0.2, 0) is 28.7 Å². The maximum atomic E-state index is 13.8. The molecular formula is C24H32O6. The van der Waals surface area contributed by atoms with Crippen LogP contribution >= 0.6 is 0 Å². The van der Waals surface area contributed by atoms with E-state index in [0.29, 0.717) is 31.3 Å². The Bertz CT molecular complexity index is 856. The van der Waals surface area contributed by atoms with Crippen LogP contribution in [0.3, 0.4) is 0 Å². The lowest BCUT2D eigenvalue weighted by atomic mass is 9.39. The molecular weight excluding hydrogens is 384 g/mol. The number of rotatable bonds is 2. The first kappa shape index (κ1) is 21.3. The number of esters is 2. The zero-order valence-electron chi connectivity index (χ0n) is 18.6. The smallest absolute Gasteiger partial charge is 0.302 e. The molecule has 2 bridgehead atoms. The number of hydrogen-bond donors (Lipinski definition) is 0. The summed E-state index contributed by atoms with van der Waals surface area (Å²) in [5, 5.41) is 0. The van der Waals surface area contributed by atoms with Crippen molar-refractivity contribution < 1.29 is 28.7 Å². The SMILES string of the molecule is C=C1C(=O)[C@]23C(OC(C)=O)[C@H]1CC[C@H]2[C@]1(C)CCC(=O)C(C)(C)[C@H]1C[C@H]3OC(C)=O. The molecule has 1 spiro atoms. The van der Waals surface area contributed by atoms with Crippen LogP contribution < -0.4 is 0 Å². The highest BCUT2D eigenvalue weighted by Gasteiger charge is 2.76. The van der Waals surface area contributed by atoms with E-state index in [1.807, 2.05) is 13.8 Å². The largest absolute Gasteiger partial charge is 0.461 e. The van der Waals surface area contributed by atoms with E-state index in [2.05, 4.69) is 13.5 Å². The van der Waals surface area contributed by atoms with Crippen LogP contribution in [0, 0.1) is 34.0 Å². The fraction of sp³-hybridized carbons (Fsp3) is 0.750. The van der Waals surface area contributed by atoms with Gasteiger partial charge in [0.2, 0.25) is 0 Å². The van der Waals surface area contributed by atoms with E-state index in [1.165, 1.54) is 13.8 Å². The number of hydrogen-bond acceptors (Lipinski definition) is 6.